The summed E-state index contributed by atoms with van der Waals surface area (Å²) in [4.78, 5) is 41.3. The number of pyridine rings is 1. The van der Waals surface area contributed by atoms with Gasteiger partial charge in [-0.25, -0.2) is 9.59 Å². The van der Waals surface area contributed by atoms with Gasteiger partial charge in [0.25, 0.3) is 0 Å². The zero-order valence-electron chi connectivity index (χ0n) is 39.0. The molecule has 0 saturated heterocycles. The topological polar surface area (TPSA) is 160 Å². The molecule has 6 aromatic rings. The highest BCUT2D eigenvalue weighted by atomic mass is 28.4. The molecule has 2 heterocycles. The molecule has 1 amide bonds. The van der Waals surface area contributed by atoms with E-state index in [-0.39, 0.29) is 34.1 Å². The number of aromatic amines is 1. The van der Waals surface area contributed by atoms with Crippen LogP contribution >= 0.6 is 0 Å². The molecular weight excluding hydrogens is 835 g/mol. The third-order valence-electron chi connectivity index (χ3n) is 12.7. The van der Waals surface area contributed by atoms with Crippen molar-refractivity contribution in [3.05, 3.63) is 135 Å². The van der Waals surface area contributed by atoms with Crippen molar-refractivity contribution in [1.82, 2.24) is 20.2 Å². The molecule has 0 unspecified atom stereocenters. The van der Waals surface area contributed by atoms with Gasteiger partial charge >= 0.3 is 11.8 Å². The highest BCUT2D eigenvalue weighted by molar-refractivity contribution is 6.74. The minimum absolute atomic E-state index is 0.00621. The molecule has 1 fully saturated rings. The van der Waals surface area contributed by atoms with E-state index in [0.717, 1.165) is 58.9 Å². The Balaban J connectivity index is 0.995. The molecule has 344 valence electrons. The lowest BCUT2D eigenvalue weighted by Gasteiger charge is -2.39. The Morgan fingerprint density at radius 1 is 0.938 bits per heavy atom. The lowest BCUT2D eigenvalue weighted by Crippen LogP contribution is -2.46. The number of nitrogens with zero attached hydrogens (tertiary/aromatic N) is 1. The van der Waals surface area contributed by atoms with Crippen LogP contribution in [-0.2, 0) is 22.3 Å². The van der Waals surface area contributed by atoms with Crippen LogP contribution in [0.25, 0.3) is 39.2 Å². The standard InChI is InChI=1S/C52H65N5O7Si/c1-51(2,3)56-37-19-21-38(22-20-37)62-49(60)54-42-30-34(17-23-39(42)36-15-10-9-11-16-36)14-12-13-29-57-43-26-18-35(31-45(43)63-50(57)61)32-53-33-46(64-65(7,8)52(4,5)6)40-24-27-44(58)48-41(40)25-28-47(59)55-48/h9-12,14-18,23-28,30-31,37-38,46,53,56,58H,13,19-22,29,32-33H2,1-8H3,(H,54,60)(H,55,59)/t37-,38-,46-/m0/s1. The SMILES string of the molecule is CC(C)(C)N[C@H]1CC[C@H](OC(=O)Nc2cc(C=CCCn3c(=O)oc4cc(CNC[C@H](O[Si](C)(C)C(C)(C)C)c5ccc(O)c6[nH]c(=O)ccc56)ccc43)ccc2-c2ccccc2)CC1. The van der Waals surface area contributed by atoms with Crippen LogP contribution in [0.5, 0.6) is 5.75 Å². The summed E-state index contributed by atoms with van der Waals surface area (Å²) in [5, 5.41) is 21.5. The number of H-pyrrole nitrogens is 1. The summed E-state index contributed by atoms with van der Waals surface area (Å²) < 4.78 is 20.3. The van der Waals surface area contributed by atoms with Crippen LogP contribution in [-0.4, -0.2) is 53.3 Å². The monoisotopic (exact) mass is 899 g/mol. The van der Waals surface area contributed by atoms with Gasteiger partial charge in [-0.1, -0.05) is 87.5 Å². The summed E-state index contributed by atoms with van der Waals surface area (Å²) in [6.07, 6.45) is 7.22. The zero-order valence-corrected chi connectivity index (χ0v) is 40.0. The Hall–Kier alpha value is -5.73. The first-order valence-electron chi connectivity index (χ1n) is 22.8. The number of benzene rings is 4. The van der Waals surface area contributed by atoms with Crippen LogP contribution < -0.4 is 27.3 Å². The second-order valence-corrected chi connectivity index (χ2v) is 24.6. The minimum Gasteiger partial charge on any atom is -0.506 e. The molecule has 1 aliphatic carbocycles. The van der Waals surface area contributed by atoms with Crippen molar-refractivity contribution in [2.45, 2.75) is 129 Å². The van der Waals surface area contributed by atoms with Crippen LogP contribution in [0.3, 0.4) is 0 Å². The number of amides is 1. The Morgan fingerprint density at radius 3 is 2.42 bits per heavy atom. The molecule has 0 spiro atoms. The van der Waals surface area contributed by atoms with Gasteiger partial charge in [0, 0.05) is 48.2 Å². The van der Waals surface area contributed by atoms with Crippen molar-refractivity contribution in [1.29, 1.82) is 0 Å². The molecule has 12 nitrogen and oxygen atoms in total. The van der Waals surface area contributed by atoms with Crippen LogP contribution in [0.2, 0.25) is 18.1 Å². The number of nitrogens with one attached hydrogen (secondary N) is 4. The Kier molecular flexibility index (Phi) is 14.4. The average Bonchev–Trinajstić information content (AvgIpc) is 3.56. The van der Waals surface area contributed by atoms with Crippen molar-refractivity contribution < 1.29 is 23.5 Å². The molecule has 0 radical (unpaired) electrons. The number of aryl methyl sites for hydroxylation is 1. The van der Waals surface area contributed by atoms with Crippen molar-refractivity contribution in [2.24, 2.45) is 0 Å². The third-order valence-corrected chi connectivity index (χ3v) is 17.2. The maximum absolute atomic E-state index is 13.3. The van der Waals surface area contributed by atoms with E-state index in [1.165, 1.54) is 6.07 Å². The van der Waals surface area contributed by atoms with Crippen LogP contribution in [0.4, 0.5) is 10.5 Å². The molecule has 13 heteroatoms. The fourth-order valence-electron chi connectivity index (χ4n) is 8.36. The average molecular weight is 900 g/mol. The van der Waals surface area contributed by atoms with Gasteiger partial charge in [-0.15, -0.1) is 0 Å². The van der Waals surface area contributed by atoms with Crippen molar-refractivity contribution in [2.75, 3.05) is 11.9 Å². The first kappa shape index (κ1) is 47.2. The van der Waals surface area contributed by atoms with Crippen LogP contribution in [0, 0.1) is 0 Å². The number of aromatic hydroxyl groups is 1. The molecular formula is C52H65N5O7Si. The summed E-state index contributed by atoms with van der Waals surface area (Å²) in [6, 6.07) is 28.8. The van der Waals surface area contributed by atoms with E-state index >= 15 is 0 Å². The summed E-state index contributed by atoms with van der Waals surface area (Å²) >= 11 is 0. The van der Waals surface area contributed by atoms with Gasteiger partial charge in [0.1, 0.15) is 11.9 Å². The van der Waals surface area contributed by atoms with Gasteiger partial charge in [-0.3, -0.25) is 14.7 Å². The quantitative estimate of drug-likeness (QED) is 0.0632. The fraction of sp³-hybridized carbons (Fsp3) is 0.404. The van der Waals surface area contributed by atoms with E-state index in [9.17, 15) is 19.5 Å². The lowest BCUT2D eigenvalue weighted by atomic mass is 9.91. The van der Waals surface area contributed by atoms with E-state index in [1.807, 2.05) is 84.9 Å². The van der Waals surface area contributed by atoms with Crippen LogP contribution in [0.15, 0.2) is 111 Å². The van der Waals surface area contributed by atoms with Crippen molar-refractivity contribution in [3.63, 3.8) is 0 Å². The van der Waals surface area contributed by atoms with Crippen molar-refractivity contribution >= 4 is 48.2 Å². The summed E-state index contributed by atoms with van der Waals surface area (Å²) in [5.74, 6) is -0.415. The van der Waals surface area contributed by atoms with Crippen molar-refractivity contribution in [3.8, 4) is 16.9 Å². The molecule has 1 atom stereocenters. The predicted molar refractivity (Wildman–Crippen MR) is 264 cm³/mol. The molecule has 4 aromatic carbocycles. The first-order chi connectivity index (χ1) is 30.8. The molecule has 5 N–H and O–H groups in total. The molecule has 1 aliphatic rings. The molecule has 65 heavy (non-hydrogen) atoms. The van der Waals surface area contributed by atoms with Gasteiger partial charge in [-0.05, 0) is 124 Å². The number of anilines is 1. The highest BCUT2D eigenvalue weighted by Crippen LogP contribution is 2.41. The van der Waals surface area contributed by atoms with Gasteiger partial charge in [-0.2, -0.15) is 0 Å². The maximum Gasteiger partial charge on any atom is 0.419 e. The molecule has 1 saturated carbocycles. The van der Waals surface area contributed by atoms with E-state index < -0.39 is 20.2 Å². The van der Waals surface area contributed by atoms with E-state index in [0.29, 0.717) is 54.4 Å². The minimum atomic E-state index is -2.26. The van der Waals surface area contributed by atoms with E-state index in [4.69, 9.17) is 13.6 Å². The van der Waals surface area contributed by atoms with Gasteiger partial charge < -0.3 is 34.3 Å². The zero-order chi connectivity index (χ0) is 46.5. The number of aromatic nitrogens is 2. The number of oxazole rings is 1. The predicted octanol–water partition coefficient (Wildman–Crippen LogP) is 11.0. The largest absolute Gasteiger partial charge is 0.506 e. The number of phenolic OH excluding ortho intramolecular Hbond substituents is 1. The fourth-order valence-corrected chi connectivity index (χ4v) is 9.63. The number of hydrogen-bond acceptors (Lipinski definition) is 9. The number of allylic oxidation sites excluding steroid dienone is 1. The first-order valence-corrected chi connectivity index (χ1v) is 25.7. The Morgan fingerprint density at radius 2 is 1.69 bits per heavy atom. The van der Waals surface area contributed by atoms with E-state index in [1.54, 1.807) is 16.7 Å². The normalized spacial score (nSPS) is 16.6. The maximum atomic E-state index is 13.3. The summed E-state index contributed by atoms with van der Waals surface area (Å²) in [6.45, 7) is 18.9. The second-order valence-electron chi connectivity index (χ2n) is 19.9. The number of hydrogen-bond donors (Lipinski definition) is 5. The Bertz CT molecular complexity index is 2750. The summed E-state index contributed by atoms with van der Waals surface area (Å²) in [7, 11) is -2.26. The number of carbonyl (C=O) groups is 1. The lowest BCUT2D eigenvalue weighted by molar-refractivity contribution is 0.0762. The summed E-state index contributed by atoms with van der Waals surface area (Å²) in [5.41, 5.74) is 6.63. The molecule has 0 aliphatic heterocycles. The third kappa shape index (κ3) is 11.9. The van der Waals surface area contributed by atoms with Crippen LogP contribution in [0.1, 0.15) is 96.4 Å². The van der Waals surface area contributed by atoms with Gasteiger partial charge in [0.05, 0.1) is 22.8 Å². The molecule has 7 rings (SSSR count). The number of ether oxygens (including phenoxy) is 1. The van der Waals surface area contributed by atoms with Gasteiger partial charge in [0.2, 0.25) is 5.56 Å². The number of fused-ring (bicyclic) bond motifs is 2. The number of carbonyl (C=O) groups excluding carboxylic acids is 1. The van der Waals surface area contributed by atoms with E-state index in [2.05, 4.69) is 75.6 Å². The number of phenols is 1. The Labute approximate surface area is 382 Å². The van der Waals surface area contributed by atoms with Gasteiger partial charge in [0.15, 0.2) is 13.9 Å². The molecule has 0 bridgehead atoms. The highest BCUT2D eigenvalue weighted by Gasteiger charge is 2.40. The second kappa shape index (κ2) is 19.8. The molecule has 2 aromatic heterocycles. The smallest absolute Gasteiger partial charge is 0.419 e. The number of rotatable bonds is 15.